The monoisotopic (exact) mass is 347 g/mol. The van der Waals surface area contributed by atoms with Crippen molar-refractivity contribution in [3.63, 3.8) is 0 Å². The van der Waals surface area contributed by atoms with Gasteiger partial charge >= 0.3 is 0 Å². The molecule has 2 saturated heterocycles. The van der Waals surface area contributed by atoms with Gasteiger partial charge in [-0.15, -0.1) is 11.3 Å². The summed E-state index contributed by atoms with van der Waals surface area (Å²) in [7, 11) is 0. The summed E-state index contributed by atoms with van der Waals surface area (Å²) in [6, 6.07) is 2.05. The minimum atomic E-state index is 0.0728. The van der Waals surface area contributed by atoms with Crippen LogP contribution in [0.2, 0.25) is 0 Å². The molecule has 2 aliphatic heterocycles. The van der Waals surface area contributed by atoms with E-state index in [1.807, 2.05) is 23.8 Å². The minimum Gasteiger partial charge on any atom is -0.378 e. The lowest BCUT2D eigenvalue weighted by atomic mass is 10.2. The first-order chi connectivity index (χ1) is 11.9. The number of morpholine rings is 2. The van der Waals surface area contributed by atoms with Crippen LogP contribution in [-0.2, 0) is 16.0 Å². The van der Waals surface area contributed by atoms with Crippen LogP contribution in [0.4, 0.5) is 5.82 Å². The van der Waals surface area contributed by atoms with Gasteiger partial charge in [-0.1, -0.05) is 0 Å². The fourth-order valence-electron chi connectivity index (χ4n) is 3.06. The van der Waals surface area contributed by atoms with Crippen molar-refractivity contribution >= 4 is 17.2 Å². The molecule has 0 N–H and O–H groups in total. The Morgan fingerprint density at radius 3 is 2.79 bits per heavy atom. The van der Waals surface area contributed by atoms with Crippen LogP contribution in [0, 0.1) is 0 Å². The minimum absolute atomic E-state index is 0.0728. The maximum absolute atomic E-state index is 5.70. The molecule has 2 fully saturated rings. The summed E-state index contributed by atoms with van der Waals surface area (Å²) < 4.78 is 11.1. The fraction of sp³-hybridized carbons (Fsp3) is 0.562. The van der Waals surface area contributed by atoms with Crippen molar-refractivity contribution in [3.05, 3.63) is 34.7 Å². The van der Waals surface area contributed by atoms with Gasteiger partial charge in [0.05, 0.1) is 39.0 Å². The predicted octanol–water partition coefficient (Wildman–Crippen LogP) is 1.34. The highest BCUT2D eigenvalue weighted by molar-refractivity contribution is 7.09. The van der Waals surface area contributed by atoms with Crippen LogP contribution >= 0.6 is 11.3 Å². The summed E-state index contributed by atoms with van der Waals surface area (Å²) in [6.07, 6.45) is 3.70. The maximum Gasteiger partial charge on any atom is 0.150 e. The topological polar surface area (TPSA) is 63.6 Å². The zero-order valence-corrected chi connectivity index (χ0v) is 14.3. The Labute approximate surface area is 145 Å². The molecule has 0 amide bonds. The molecule has 0 radical (unpaired) electrons. The van der Waals surface area contributed by atoms with Gasteiger partial charge in [0.25, 0.3) is 0 Å². The zero-order valence-electron chi connectivity index (χ0n) is 13.5. The molecule has 0 bridgehead atoms. The number of hydrogen-bond acceptors (Lipinski definition) is 8. The first-order valence-corrected chi connectivity index (χ1v) is 9.14. The van der Waals surface area contributed by atoms with Gasteiger partial charge in [-0.2, -0.15) is 0 Å². The van der Waals surface area contributed by atoms with E-state index in [1.165, 1.54) is 0 Å². The summed E-state index contributed by atoms with van der Waals surface area (Å²) in [6.45, 7) is 6.31. The second-order valence-electron chi connectivity index (χ2n) is 5.86. The first kappa shape index (κ1) is 15.9. The summed E-state index contributed by atoms with van der Waals surface area (Å²) in [4.78, 5) is 18.4. The lowest BCUT2D eigenvalue weighted by Gasteiger charge is -2.34. The van der Waals surface area contributed by atoms with Crippen LogP contribution in [0.3, 0.4) is 0 Å². The predicted molar refractivity (Wildman–Crippen MR) is 91.1 cm³/mol. The van der Waals surface area contributed by atoms with Crippen molar-refractivity contribution in [1.82, 2.24) is 19.9 Å². The molecule has 2 aliphatic rings. The van der Waals surface area contributed by atoms with Gasteiger partial charge in [0.15, 0.2) is 0 Å². The summed E-state index contributed by atoms with van der Waals surface area (Å²) in [5.41, 5.74) is 0. The van der Waals surface area contributed by atoms with Gasteiger partial charge in [-0.3, -0.25) is 4.90 Å². The molecule has 1 atom stereocenters. The molecule has 7 nitrogen and oxygen atoms in total. The molecule has 2 aromatic rings. The largest absolute Gasteiger partial charge is 0.378 e. The molecule has 0 spiro atoms. The Bertz CT molecular complexity index is 648. The normalized spacial score (nSPS) is 22.7. The molecule has 0 saturated carbocycles. The van der Waals surface area contributed by atoms with E-state index < -0.39 is 0 Å². The molecule has 4 rings (SSSR count). The Balaban J connectivity index is 1.53. The van der Waals surface area contributed by atoms with E-state index in [1.54, 1.807) is 11.3 Å². The lowest BCUT2D eigenvalue weighted by molar-refractivity contribution is -0.0159. The Kier molecular flexibility index (Phi) is 4.98. The van der Waals surface area contributed by atoms with E-state index >= 15 is 0 Å². The van der Waals surface area contributed by atoms with Crippen molar-refractivity contribution in [3.8, 4) is 0 Å². The van der Waals surface area contributed by atoms with Crippen LogP contribution < -0.4 is 4.90 Å². The third-order valence-electron chi connectivity index (χ3n) is 4.35. The second-order valence-corrected chi connectivity index (χ2v) is 6.84. The molecular weight excluding hydrogens is 326 g/mol. The lowest BCUT2D eigenvalue weighted by Crippen LogP contribution is -2.40. The number of anilines is 1. The Morgan fingerprint density at radius 2 is 1.96 bits per heavy atom. The van der Waals surface area contributed by atoms with Crippen molar-refractivity contribution < 1.29 is 9.47 Å². The summed E-state index contributed by atoms with van der Waals surface area (Å²) in [5.74, 6) is 1.80. The number of nitrogens with zero attached hydrogens (tertiary/aromatic N) is 5. The number of rotatable bonds is 4. The molecule has 24 heavy (non-hydrogen) atoms. The number of thiazole rings is 1. The maximum atomic E-state index is 5.70. The standard InChI is InChI=1S/C16H21N5O2S/c1-2-18-16(19-14(1)20-4-7-22-8-5-20)13-12-23-9-6-21(13)11-15-17-3-10-24-15/h1-3,10,13H,4-9,11-12H2/t13-/m0/s1. The molecule has 128 valence electrons. The highest BCUT2D eigenvalue weighted by Crippen LogP contribution is 2.25. The van der Waals surface area contributed by atoms with Crippen LogP contribution in [-0.4, -0.2) is 65.9 Å². The molecule has 8 heteroatoms. The van der Waals surface area contributed by atoms with Gasteiger partial charge in [0.1, 0.15) is 16.6 Å². The van der Waals surface area contributed by atoms with Crippen molar-refractivity contribution in [2.24, 2.45) is 0 Å². The molecule has 0 unspecified atom stereocenters. The Morgan fingerprint density at radius 1 is 1.08 bits per heavy atom. The summed E-state index contributed by atoms with van der Waals surface area (Å²) >= 11 is 1.68. The van der Waals surface area contributed by atoms with Crippen LogP contribution in [0.1, 0.15) is 16.9 Å². The smallest absolute Gasteiger partial charge is 0.150 e. The van der Waals surface area contributed by atoms with Crippen molar-refractivity contribution in [1.29, 1.82) is 0 Å². The van der Waals surface area contributed by atoms with E-state index in [0.29, 0.717) is 6.61 Å². The molecule has 0 aromatic carbocycles. The highest BCUT2D eigenvalue weighted by Gasteiger charge is 2.28. The van der Waals surface area contributed by atoms with Gasteiger partial charge in [-0.25, -0.2) is 15.0 Å². The van der Waals surface area contributed by atoms with Gasteiger partial charge in [-0.05, 0) is 6.07 Å². The second kappa shape index (κ2) is 7.52. The summed E-state index contributed by atoms with van der Waals surface area (Å²) in [5, 5.41) is 3.13. The fourth-order valence-corrected chi connectivity index (χ4v) is 3.70. The van der Waals surface area contributed by atoms with Gasteiger partial charge in [0.2, 0.25) is 0 Å². The van der Waals surface area contributed by atoms with Crippen LogP contribution in [0.15, 0.2) is 23.8 Å². The third kappa shape index (κ3) is 3.56. The molecule has 4 heterocycles. The Hall–Kier alpha value is -1.61. The third-order valence-corrected chi connectivity index (χ3v) is 5.12. The number of ether oxygens (including phenoxy) is 2. The average Bonchev–Trinajstić information content (AvgIpc) is 3.16. The number of hydrogen-bond donors (Lipinski definition) is 0. The van der Waals surface area contributed by atoms with E-state index in [0.717, 1.165) is 62.6 Å². The van der Waals surface area contributed by atoms with Crippen molar-refractivity contribution in [2.75, 3.05) is 51.0 Å². The molecular formula is C16H21N5O2S. The molecule has 0 aliphatic carbocycles. The van der Waals surface area contributed by atoms with E-state index in [9.17, 15) is 0 Å². The average molecular weight is 347 g/mol. The van der Waals surface area contributed by atoms with Gasteiger partial charge in [0, 0.05) is 37.4 Å². The van der Waals surface area contributed by atoms with Crippen LogP contribution in [0.25, 0.3) is 0 Å². The van der Waals surface area contributed by atoms with Gasteiger partial charge < -0.3 is 14.4 Å². The van der Waals surface area contributed by atoms with E-state index in [2.05, 4.69) is 19.8 Å². The number of aromatic nitrogens is 3. The van der Waals surface area contributed by atoms with Crippen LogP contribution in [0.5, 0.6) is 0 Å². The first-order valence-electron chi connectivity index (χ1n) is 8.26. The van der Waals surface area contributed by atoms with E-state index in [4.69, 9.17) is 14.5 Å². The highest BCUT2D eigenvalue weighted by atomic mass is 32.1. The molecule has 2 aromatic heterocycles. The van der Waals surface area contributed by atoms with E-state index in [-0.39, 0.29) is 6.04 Å². The van der Waals surface area contributed by atoms with Crippen molar-refractivity contribution in [2.45, 2.75) is 12.6 Å². The zero-order chi connectivity index (χ0) is 16.2. The quantitative estimate of drug-likeness (QED) is 0.827. The SMILES string of the molecule is c1cc(N2CCOCC2)nc([C@@H]2COCCN2Cc2nccs2)n1.